The molecule has 0 aliphatic carbocycles. The molecular weight excluding hydrogens is 224 g/mol. The number of hydrogen-bond acceptors (Lipinski definition) is 3. The van der Waals surface area contributed by atoms with Gasteiger partial charge in [0, 0.05) is 19.7 Å². The van der Waals surface area contributed by atoms with E-state index in [1.807, 2.05) is 13.8 Å². The lowest BCUT2D eigenvalue weighted by atomic mass is 10.1. The molecule has 0 aromatic carbocycles. The van der Waals surface area contributed by atoms with Crippen molar-refractivity contribution in [2.45, 2.75) is 33.2 Å². The molecule has 0 saturated carbocycles. The van der Waals surface area contributed by atoms with Crippen LogP contribution >= 0.6 is 12.2 Å². The Balaban J connectivity index is 4.61. The lowest BCUT2D eigenvalue weighted by molar-refractivity contribution is -0.135. The summed E-state index contributed by atoms with van der Waals surface area (Å²) in [5.74, 6) is -0.417. The van der Waals surface area contributed by atoms with Crippen LogP contribution in [-0.4, -0.2) is 42.1 Å². The van der Waals surface area contributed by atoms with E-state index in [0.717, 1.165) is 6.42 Å². The molecule has 1 amide bonds. The molecule has 0 spiro atoms. The lowest BCUT2D eigenvalue weighted by Gasteiger charge is -2.30. The highest BCUT2D eigenvalue weighted by Gasteiger charge is 2.25. The van der Waals surface area contributed by atoms with E-state index in [2.05, 4.69) is 0 Å². The molecule has 5 heteroatoms. The maximum Gasteiger partial charge on any atom is 0.232 e. The standard InChI is InChI=1S/C11H22N2O2S/c1-5-8(2)13(6-7-15-4)11(14)9(3)10(12)16/h8-9H,5-7H2,1-4H3,(H2,12,16). The number of amides is 1. The maximum atomic E-state index is 12.1. The third-order valence-corrected chi connectivity index (χ3v) is 3.09. The summed E-state index contributed by atoms with van der Waals surface area (Å²) in [6.45, 7) is 6.91. The molecule has 2 N–H and O–H groups in total. The van der Waals surface area contributed by atoms with E-state index in [9.17, 15) is 4.79 Å². The summed E-state index contributed by atoms with van der Waals surface area (Å²) in [5, 5.41) is 0. The highest BCUT2D eigenvalue weighted by Crippen LogP contribution is 2.10. The van der Waals surface area contributed by atoms with Gasteiger partial charge in [-0.1, -0.05) is 19.1 Å². The molecule has 0 aromatic rings. The minimum atomic E-state index is -0.402. The monoisotopic (exact) mass is 246 g/mol. The van der Waals surface area contributed by atoms with Gasteiger partial charge < -0.3 is 15.4 Å². The fourth-order valence-electron chi connectivity index (χ4n) is 1.33. The molecule has 0 radical (unpaired) electrons. The van der Waals surface area contributed by atoms with Crippen LogP contribution < -0.4 is 5.73 Å². The van der Waals surface area contributed by atoms with Crippen LogP contribution in [0.5, 0.6) is 0 Å². The van der Waals surface area contributed by atoms with Crippen molar-refractivity contribution < 1.29 is 9.53 Å². The number of carbonyl (C=O) groups excluding carboxylic acids is 1. The number of thiocarbonyl (C=S) groups is 1. The van der Waals surface area contributed by atoms with E-state index in [4.69, 9.17) is 22.7 Å². The number of methoxy groups -OCH3 is 1. The number of rotatable bonds is 7. The van der Waals surface area contributed by atoms with Gasteiger partial charge in [0.25, 0.3) is 0 Å². The number of carbonyl (C=O) groups is 1. The van der Waals surface area contributed by atoms with Crippen molar-refractivity contribution in [3.63, 3.8) is 0 Å². The van der Waals surface area contributed by atoms with E-state index < -0.39 is 5.92 Å². The average Bonchev–Trinajstić information content (AvgIpc) is 2.27. The van der Waals surface area contributed by atoms with Gasteiger partial charge in [0.1, 0.15) is 0 Å². The summed E-state index contributed by atoms with van der Waals surface area (Å²) in [5.41, 5.74) is 5.50. The minimum Gasteiger partial charge on any atom is -0.393 e. The highest BCUT2D eigenvalue weighted by molar-refractivity contribution is 7.80. The van der Waals surface area contributed by atoms with Gasteiger partial charge in [-0.2, -0.15) is 0 Å². The fraction of sp³-hybridized carbons (Fsp3) is 0.818. The Labute approximate surface area is 103 Å². The third kappa shape index (κ3) is 4.45. The van der Waals surface area contributed by atoms with Crippen molar-refractivity contribution in [3.05, 3.63) is 0 Å². The second-order valence-corrected chi connectivity index (χ2v) is 4.38. The summed E-state index contributed by atoms with van der Waals surface area (Å²) in [4.78, 5) is 14.1. The minimum absolute atomic E-state index is 0.0149. The van der Waals surface area contributed by atoms with Crippen LogP contribution in [-0.2, 0) is 9.53 Å². The van der Waals surface area contributed by atoms with Crippen molar-refractivity contribution in [2.75, 3.05) is 20.3 Å². The largest absolute Gasteiger partial charge is 0.393 e. The summed E-state index contributed by atoms with van der Waals surface area (Å²) in [7, 11) is 1.62. The van der Waals surface area contributed by atoms with Crippen LogP contribution in [0, 0.1) is 5.92 Å². The molecule has 0 aliphatic heterocycles. The van der Waals surface area contributed by atoms with Crippen LogP contribution in [0.25, 0.3) is 0 Å². The van der Waals surface area contributed by atoms with E-state index in [-0.39, 0.29) is 16.9 Å². The molecule has 0 heterocycles. The molecule has 2 unspecified atom stereocenters. The molecule has 4 nitrogen and oxygen atoms in total. The van der Waals surface area contributed by atoms with Crippen LogP contribution in [0.1, 0.15) is 27.2 Å². The zero-order chi connectivity index (χ0) is 12.7. The van der Waals surface area contributed by atoms with Crippen LogP contribution in [0.4, 0.5) is 0 Å². The first kappa shape index (κ1) is 15.3. The molecule has 16 heavy (non-hydrogen) atoms. The first-order valence-corrected chi connectivity index (χ1v) is 5.95. The highest BCUT2D eigenvalue weighted by atomic mass is 32.1. The van der Waals surface area contributed by atoms with Gasteiger partial charge in [-0.05, 0) is 20.3 Å². The van der Waals surface area contributed by atoms with E-state index in [1.54, 1.807) is 18.9 Å². The van der Waals surface area contributed by atoms with Gasteiger partial charge in [0.2, 0.25) is 5.91 Å². The third-order valence-electron chi connectivity index (χ3n) is 2.74. The molecule has 0 aromatic heterocycles. The van der Waals surface area contributed by atoms with Gasteiger partial charge in [-0.3, -0.25) is 4.79 Å². The molecule has 0 fully saturated rings. The topological polar surface area (TPSA) is 55.6 Å². The normalized spacial score (nSPS) is 14.2. The van der Waals surface area contributed by atoms with E-state index in [1.165, 1.54) is 0 Å². The second-order valence-electron chi connectivity index (χ2n) is 3.91. The first-order chi connectivity index (χ1) is 7.45. The Kier molecular flexibility index (Phi) is 7.25. The summed E-state index contributed by atoms with van der Waals surface area (Å²) in [6.07, 6.45) is 0.902. The SMILES string of the molecule is CCC(C)N(CCOC)C(=O)C(C)C(N)=S. The van der Waals surface area contributed by atoms with Crippen molar-refractivity contribution >= 4 is 23.1 Å². The van der Waals surface area contributed by atoms with E-state index in [0.29, 0.717) is 13.2 Å². The van der Waals surface area contributed by atoms with Crippen LogP contribution in [0.3, 0.4) is 0 Å². The predicted molar refractivity (Wildman–Crippen MR) is 69.3 cm³/mol. The van der Waals surface area contributed by atoms with E-state index >= 15 is 0 Å². The van der Waals surface area contributed by atoms with Crippen LogP contribution in [0.15, 0.2) is 0 Å². The Morgan fingerprint density at radius 1 is 1.50 bits per heavy atom. The zero-order valence-corrected chi connectivity index (χ0v) is 11.3. The quantitative estimate of drug-likeness (QED) is 0.685. The predicted octanol–water partition coefficient (Wildman–Crippen LogP) is 1.18. The molecule has 0 rings (SSSR count). The molecule has 94 valence electrons. The summed E-state index contributed by atoms with van der Waals surface area (Å²) >= 11 is 4.85. The molecule has 2 atom stereocenters. The van der Waals surface area contributed by atoms with Crippen molar-refractivity contribution in [3.8, 4) is 0 Å². The number of nitrogens with zero attached hydrogens (tertiary/aromatic N) is 1. The smallest absolute Gasteiger partial charge is 0.232 e. The Morgan fingerprint density at radius 3 is 2.44 bits per heavy atom. The van der Waals surface area contributed by atoms with Gasteiger partial charge in [0.15, 0.2) is 0 Å². The Hall–Kier alpha value is -0.680. The zero-order valence-electron chi connectivity index (χ0n) is 10.5. The van der Waals surface area contributed by atoms with Gasteiger partial charge in [0.05, 0.1) is 17.5 Å². The second kappa shape index (κ2) is 7.57. The number of ether oxygens (including phenoxy) is 1. The average molecular weight is 246 g/mol. The van der Waals surface area contributed by atoms with Crippen molar-refractivity contribution in [1.82, 2.24) is 4.90 Å². The Morgan fingerprint density at radius 2 is 2.06 bits per heavy atom. The summed E-state index contributed by atoms with van der Waals surface area (Å²) in [6, 6.07) is 0.180. The van der Waals surface area contributed by atoms with Gasteiger partial charge >= 0.3 is 0 Å². The molecule has 0 aliphatic rings. The number of nitrogens with two attached hydrogens (primary N) is 1. The Bertz CT molecular complexity index is 246. The van der Waals surface area contributed by atoms with Gasteiger partial charge in [-0.15, -0.1) is 0 Å². The fourth-order valence-corrected chi connectivity index (χ4v) is 1.43. The first-order valence-electron chi connectivity index (χ1n) is 5.54. The number of hydrogen-bond donors (Lipinski definition) is 1. The lowest BCUT2D eigenvalue weighted by Crippen LogP contribution is -2.45. The van der Waals surface area contributed by atoms with Gasteiger partial charge in [-0.25, -0.2) is 0 Å². The van der Waals surface area contributed by atoms with Crippen molar-refractivity contribution in [1.29, 1.82) is 0 Å². The maximum absolute atomic E-state index is 12.1. The molecular formula is C11H22N2O2S. The van der Waals surface area contributed by atoms with Crippen LogP contribution in [0.2, 0.25) is 0 Å². The summed E-state index contributed by atoms with van der Waals surface area (Å²) < 4.78 is 5.00. The molecule has 0 bridgehead atoms. The van der Waals surface area contributed by atoms with Crippen molar-refractivity contribution in [2.24, 2.45) is 11.7 Å². The molecule has 0 saturated heterocycles.